The lowest BCUT2D eigenvalue weighted by Crippen LogP contribution is -2.18. The van der Waals surface area contributed by atoms with E-state index in [1.165, 1.54) is 18.2 Å². The SMILES string of the molecule is CC(C)Oc1ccccc1C(=O)c1c(F)c(F)c(S(=O)(=O)O)c(F)c1F. The molecule has 1 N–H and O–H groups in total. The van der Waals surface area contributed by atoms with E-state index in [1.54, 1.807) is 13.8 Å². The minimum atomic E-state index is -5.61. The van der Waals surface area contributed by atoms with Gasteiger partial charge in [-0.3, -0.25) is 9.35 Å². The molecule has 140 valence electrons. The molecule has 0 saturated carbocycles. The lowest BCUT2D eigenvalue weighted by molar-refractivity contribution is 0.102. The standard InChI is InChI=1S/C16H12F4O5S/c1-7(2)25-9-6-4-3-5-8(9)15(21)10-11(17)13(19)16(26(22,23)24)14(20)12(10)18/h3-7H,1-2H3,(H,22,23,24). The fourth-order valence-electron chi connectivity index (χ4n) is 2.18. The van der Waals surface area contributed by atoms with Gasteiger partial charge >= 0.3 is 10.1 Å². The molecular weight excluding hydrogens is 380 g/mol. The zero-order valence-electron chi connectivity index (χ0n) is 13.4. The number of hydrogen-bond donors (Lipinski definition) is 1. The number of benzene rings is 2. The Kier molecular flexibility index (Phi) is 5.38. The highest BCUT2D eigenvalue weighted by molar-refractivity contribution is 7.85. The molecule has 0 fully saturated rings. The summed E-state index contributed by atoms with van der Waals surface area (Å²) in [6.45, 7) is 3.23. The predicted molar refractivity (Wildman–Crippen MR) is 81.7 cm³/mol. The van der Waals surface area contributed by atoms with Crippen LogP contribution in [-0.4, -0.2) is 24.9 Å². The fourth-order valence-corrected chi connectivity index (χ4v) is 2.82. The summed E-state index contributed by atoms with van der Waals surface area (Å²) in [6.07, 6.45) is -0.422. The van der Waals surface area contributed by atoms with Gasteiger partial charge in [-0.2, -0.15) is 8.42 Å². The van der Waals surface area contributed by atoms with Crippen molar-refractivity contribution in [2.45, 2.75) is 24.8 Å². The monoisotopic (exact) mass is 392 g/mol. The van der Waals surface area contributed by atoms with E-state index in [0.717, 1.165) is 6.07 Å². The summed E-state index contributed by atoms with van der Waals surface area (Å²) >= 11 is 0. The Morgan fingerprint density at radius 3 is 1.96 bits per heavy atom. The second-order valence-electron chi connectivity index (χ2n) is 5.43. The summed E-state index contributed by atoms with van der Waals surface area (Å²) in [5, 5.41) is 0. The topological polar surface area (TPSA) is 80.7 Å². The van der Waals surface area contributed by atoms with Gasteiger partial charge in [0.2, 0.25) is 5.78 Å². The quantitative estimate of drug-likeness (QED) is 0.365. The molecule has 0 heterocycles. The molecule has 2 aromatic carbocycles. The van der Waals surface area contributed by atoms with Crippen LogP contribution in [0.3, 0.4) is 0 Å². The van der Waals surface area contributed by atoms with Crippen LogP contribution >= 0.6 is 0 Å². The summed E-state index contributed by atoms with van der Waals surface area (Å²) in [5.41, 5.74) is -2.04. The van der Waals surface area contributed by atoms with Gasteiger partial charge in [0.15, 0.2) is 28.2 Å². The highest BCUT2D eigenvalue weighted by atomic mass is 32.2. The molecule has 0 aliphatic heterocycles. The molecule has 0 amide bonds. The van der Waals surface area contributed by atoms with Crippen LogP contribution in [0.5, 0.6) is 5.75 Å². The number of para-hydroxylation sites is 1. The minimum absolute atomic E-state index is 0.0917. The zero-order valence-corrected chi connectivity index (χ0v) is 14.2. The maximum atomic E-state index is 14.1. The van der Waals surface area contributed by atoms with Crippen molar-refractivity contribution in [3.63, 3.8) is 0 Å². The average molecular weight is 392 g/mol. The summed E-state index contributed by atoms with van der Waals surface area (Å²) in [6, 6.07) is 5.22. The Labute approximate surface area is 146 Å². The second-order valence-corrected chi connectivity index (χ2v) is 6.79. The molecule has 0 bridgehead atoms. The lowest BCUT2D eigenvalue weighted by Gasteiger charge is -2.15. The first-order valence-electron chi connectivity index (χ1n) is 7.10. The van der Waals surface area contributed by atoms with Crippen LogP contribution in [0.25, 0.3) is 0 Å². The van der Waals surface area contributed by atoms with Gasteiger partial charge in [0.05, 0.1) is 11.7 Å². The first kappa shape index (κ1) is 19.9. The van der Waals surface area contributed by atoms with E-state index in [-0.39, 0.29) is 5.75 Å². The molecular formula is C16H12F4O5S. The smallest absolute Gasteiger partial charge is 0.300 e. The Hall–Kier alpha value is -2.46. The van der Waals surface area contributed by atoms with E-state index >= 15 is 0 Å². The number of rotatable bonds is 5. The molecule has 0 radical (unpaired) electrons. The van der Waals surface area contributed by atoms with Gasteiger partial charge in [0.1, 0.15) is 11.3 Å². The Morgan fingerprint density at radius 2 is 1.50 bits per heavy atom. The van der Waals surface area contributed by atoms with Crippen molar-refractivity contribution in [1.29, 1.82) is 0 Å². The lowest BCUT2D eigenvalue weighted by atomic mass is 10.0. The van der Waals surface area contributed by atoms with Crippen molar-refractivity contribution < 1.29 is 40.1 Å². The third-order valence-corrected chi connectivity index (χ3v) is 4.08. The summed E-state index contributed by atoms with van der Waals surface area (Å²) in [7, 11) is -5.61. The van der Waals surface area contributed by atoms with E-state index in [9.17, 15) is 30.8 Å². The van der Waals surface area contributed by atoms with Gasteiger partial charge in [-0.1, -0.05) is 12.1 Å². The van der Waals surface area contributed by atoms with Gasteiger partial charge in [-0.05, 0) is 26.0 Å². The third-order valence-electron chi connectivity index (χ3n) is 3.20. The van der Waals surface area contributed by atoms with E-state index in [1.807, 2.05) is 0 Å². The van der Waals surface area contributed by atoms with Crippen LogP contribution in [0.2, 0.25) is 0 Å². The molecule has 5 nitrogen and oxygen atoms in total. The normalized spacial score (nSPS) is 11.7. The number of ether oxygens (including phenoxy) is 1. The van der Waals surface area contributed by atoms with Gasteiger partial charge in [-0.15, -0.1) is 0 Å². The summed E-state index contributed by atoms with van der Waals surface area (Å²) in [5.74, 6) is -10.9. The zero-order chi connectivity index (χ0) is 19.8. The van der Waals surface area contributed by atoms with Gasteiger partial charge in [-0.25, -0.2) is 17.6 Å². The molecule has 2 aromatic rings. The van der Waals surface area contributed by atoms with Gasteiger partial charge in [0, 0.05) is 0 Å². The maximum Gasteiger partial charge on any atom is 0.300 e. The largest absolute Gasteiger partial charge is 0.490 e. The molecule has 0 aromatic heterocycles. The minimum Gasteiger partial charge on any atom is -0.490 e. The first-order chi connectivity index (χ1) is 12.0. The van der Waals surface area contributed by atoms with E-state index < -0.39 is 61.3 Å². The van der Waals surface area contributed by atoms with Gasteiger partial charge < -0.3 is 4.74 Å². The highest BCUT2D eigenvalue weighted by Gasteiger charge is 2.35. The van der Waals surface area contributed by atoms with Crippen LogP contribution in [0.4, 0.5) is 17.6 Å². The van der Waals surface area contributed by atoms with Crippen LogP contribution in [0.15, 0.2) is 29.2 Å². The van der Waals surface area contributed by atoms with Crippen molar-refractivity contribution in [2.24, 2.45) is 0 Å². The molecule has 0 atom stereocenters. The molecule has 0 aliphatic carbocycles. The molecule has 0 aliphatic rings. The van der Waals surface area contributed by atoms with Crippen molar-refractivity contribution >= 4 is 15.9 Å². The number of hydrogen-bond acceptors (Lipinski definition) is 4. The molecule has 2 rings (SSSR count). The van der Waals surface area contributed by atoms with Gasteiger partial charge in [0.25, 0.3) is 0 Å². The summed E-state index contributed by atoms with van der Waals surface area (Å²) in [4.78, 5) is 10.2. The predicted octanol–water partition coefficient (Wildman–Crippen LogP) is 3.51. The van der Waals surface area contributed by atoms with Crippen molar-refractivity contribution in [3.05, 3.63) is 58.7 Å². The van der Waals surface area contributed by atoms with E-state index in [2.05, 4.69) is 0 Å². The Morgan fingerprint density at radius 1 is 1.00 bits per heavy atom. The third kappa shape index (κ3) is 3.56. The van der Waals surface area contributed by atoms with Crippen LogP contribution in [-0.2, 0) is 10.1 Å². The number of halogens is 4. The second kappa shape index (κ2) is 7.04. The Balaban J connectivity index is 2.74. The molecule has 0 saturated heterocycles. The van der Waals surface area contributed by atoms with Crippen molar-refractivity contribution in [1.82, 2.24) is 0 Å². The molecule has 26 heavy (non-hydrogen) atoms. The highest BCUT2D eigenvalue weighted by Crippen LogP contribution is 2.31. The maximum absolute atomic E-state index is 14.1. The van der Waals surface area contributed by atoms with Crippen LogP contribution in [0, 0.1) is 23.3 Å². The number of ketones is 1. The number of carbonyl (C=O) groups excluding carboxylic acids is 1. The summed E-state index contributed by atoms with van der Waals surface area (Å²) < 4.78 is 92.0. The molecule has 0 spiro atoms. The average Bonchev–Trinajstić information content (AvgIpc) is 2.52. The number of carbonyl (C=O) groups is 1. The Bertz CT molecular complexity index is 957. The van der Waals surface area contributed by atoms with Crippen LogP contribution in [0.1, 0.15) is 29.8 Å². The first-order valence-corrected chi connectivity index (χ1v) is 8.54. The molecule has 0 unspecified atom stereocenters. The molecule has 10 heteroatoms. The van der Waals surface area contributed by atoms with Crippen LogP contribution < -0.4 is 4.74 Å². The fraction of sp³-hybridized carbons (Fsp3) is 0.188. The van der Waals surface area contributed by atoms with Crippen molar-refractivity contribution in [2.75, 3.05) is 0 Å². The van der Waals surface area contributed by atoms with E-state index in [0.29, 0.717) is 0 Å². The van der Waals surface area contributed by atoms with Crippen molar-refractivity contribution in [3.8, 4) is 5.75 Å². The van der Waals surface area contributed by atoms with E-state index in [4.69, 9.17) is 9.29 Å².